The highest BCUT2D eigenvalue weighted by atomic mass is 32.2. The first-order chi connectivity index (χ1) is 9.42. The molecule has 1 aromatic rings. The van der Waals surface area contributed by atoms with Crippen molar-refractivity contribution in [2.24, 2.45) is 0 Å². The van der Waals surface area contributed by atoms with Gasteiger partial charge in [-0.2, -0.15) is 0 Å². The Balaban J connectivity index is 2.46. The number of aromatic nitrogens is 2. The molecule has 112 valence electrons. The molecule has 1 aromatic heterocycles. The van der Waals surface area contributed by atoms with E-state index in [2.05, 4.69) is 25.3 Å². The molecule has 0 atom stereocenters. The number of anilines is 1. The molecule has 0 aliphatic rings. The average molecular weight is 301 g/mol. The standard InChI is InChI=1S/C11H19N5O3S/c1-3-4-13-10-8-12-7-9(16-10)11(17)14-5-6-15-20(2,18)19/h7-8,15H,3-6H2,1-2H3,(H,13,16)(H,14,17). The molecule has 0 aliphatic carbocycles. The Labute approximate surface area is 118 Å². The highest BCUT2D eigenvalue weighted by Crippen LogP contribution is 2.01. The van der Waals surface area contributed by atoms with Crippen molar-refractivity contribution in [1.82, 2.24) is 20.0 Å². The number of nitrogens with one attached hydrogen (secondary N) is 3. The molecular formula is C11H19N5O3S. The molecule has 8 nitrogen and oxygen atoms in total. The third-order valence-electron chi connectivity index (χ3n) is 2.20. The lowest BCUT2D eigenvalue weighted by Gasteiger charge is -2.07. The Hall–Kier alpha value is -1.74. The van der Waals surface area contributed by atoms with Gasteiger partial charge in [0.05, 0.1) is 18.6 Å². The summed E-state index contributed by atoms with van der Waals surface area (Å²) in [6.07, 6.45) is 4.90. The van der Waals surface area contributed by atoms with Crippen LogP contribution in [0.1, 0.15) is 23.8 Å². The van der Waals surface area contributed by atoms with Crippen molar-refractivity contribution in [2.45, 2.75) is 13.3 Å². The maximum Gasteiger partial charge on any atom is 0.271 e. The van der Waals surface area contributed by atoms with Gasteiger partial charge in [-0.15, -0.1) is 0 Å². The van der Waals surface area contributed by atoms with E-state index in [9.17, 15) is 13.2 Å². The molecular weight excluding hydrogens is 282 g/mol. The summed E-state index contributed by atoms with van der Waals surface area (Å²) in [6, 6.07) is 0. The van der Waals surface area contributed by atoms with Crippen molar-refractivity contribution < 1.29 is 13.2 Å². The molecule has 0 aliphatic heterocycles. The van der Waals surface area contributed by atoms with Crippen LogP contribution in [0.2, 0.25) is 0 Å². The van der Waals surface area contributed by atoms with E-state index in [0.717, 1.165) is 19.2 Å². The Morgan fingerprint density at radius 3 is 2.65 bits per heavy atom. The minimum Gasteiger partial charge on any atom is -0.369 e. The molecule has 3 N–H and O–H groups in total. The highest BCUT2D eigenvalue weighted by molar-refractivity contribution is 7.88. The van der Waals surface area contributed by atoms with Crippen LogP contribution in [0.3, 0.4) is 0 Å². The molecule has 0 aromatic carbocycles. The lowest BCUT2D eigenvalue weighted by Crippen LogP contribution is -2.34. The topological polar surface area (TPSA) is 113 Å². The monoisotopic (exact) mass is 301 g/mol. The summed E-state index contributed by atoms with van der Waals surface area (Å²) in [7, 11) is -3.24. The van der Waals surface area contributed by atoms with E-state index in [1.807, 2.05) is 6.92 Å². The van der Waals surface area contributed by atoms with Gasteiger partial charge in [-0.05, 0) is 6.42 Å². The molecule has 0 spiro atoms. The number of amides is 1. The summed E-state index contributed by atoms with van der Waals surface area (Å²) in [5, 5.41) is 5.59. The van der Waals surface area contributed by atoms with Gasteiger partial charge < -0.3 is 10.6 Å². The van der Waals surface area contributed by atoms with Gasteiger partial charge in [0.15, 0.2) is 0 Å². The quantitative estimate of drug-likeness (QED) is 0.562. The molecule has 1 amide bonds. The van der Waals surface area contributed by atoms with Gasteiger partial charge in [-0.25, -0.2) is 18.1 Å². The molecule has 1 heterocycles. The van der Waals surface area contributed by atoms with Crippen LogP contribution in [0.4, 0.5) is 5.82 Å². The van der Waals surface area contributed by atoms with Gasteiger partial charge in [0.2, 0.25) is 10.0 Å². The molecule has 20 heavy (non-hydrogen) atoms. The minimum absolute atomic E-state index is 0.131. The van der Waals surface area contributed by atoms with E-state index in [0.29, 0.717) is 5.82 Å². The molecule has 0 unspecified atom stereocenters. The Morgan fingerprint density at radius 1 is 1.25 bits per heavy atom. The Kier molecular flexibility index (Phi) is 6.32. The number of hydrogen-bond acceptors (Lipinski definition) is 6. The van der Waals surface area contributed by atoms with E-state index in [-0.39, 0.29) is 18.8 Å². The first-order valence-electron chi connectivity index (χ1n) is 6.21. The van der Waals surface area contributed by atoms with Crippen LogP contribution in [0.25, 0.3) is 0 Å². The minimum atomic E-state index is -3.24. The van der Waals surface area contributed by atoms with Crippen molar-refractivity contribution in [3.05, 3.63) is 18.1 Å². The number of hydrogen-bond donors (Lipinski definition) is 3. The van der Waals surface area contributed by atoms with Gasteiger partial charge in [-0.1, -0.05) is 6.92 Å². The summed E-state index contributed by atoms with van der Waals surface area (Å²) in [4.78, 5) is 19.8. The zero-order valence-electron chi connectivity index (χ0n) is 11.5. The zero-order chi connectivity index (χ0) is 15.0. The SMILES string of the molecule is CCCNc1cncc(C(=O)NCCNS(C)(=O)=O)n1. The van der Waals surface area contributed by atoms with E-state index >= 15 is 0 Å². The Bertz CT molecular complexity index is 547. The summed E-state index contributed by atoms with van der Waals surface area (Å²) < 4.78 is 24.0. The smallest absolute Gasteiger partial charge is 0.271 e. The van der Waals surface area contributed by atoms with E-state index in [1.165, 1.54) is 12.4 Å². The first kappa shape index (κ1) is 16.3. The predicted octanol–water partition coefficient (Wildman–Crippen LogP) is -0.422. The summed E-state index contributed by atoms with van der Waals surface area (Å²) in [6.45, 7) is 3.08. The number of nitrogens with zero attached hydrogens (tertiary/aromatic N) is 2. The van der Waals surface area contributed by atoms with Crippen LogP contribution in [0.15, 0.2) is 12.4 Å². The zero-order valence-corrected chi connectivity index (χ0v) is 12.3. The van der Waals surface area contributed by atoms with Gasteiger partial charge in [0, 0.05) is 19.6 Å². The second-order valence-electron chi connectivity index (χ2n) is 4.14. The van der Waals surface area contributed by atoms with Crippen molar-refractivity contribution in [1.29, 1.82) is 0 Å². The fourth-order valence-corrected chi connectivity index (χ4v) is 1.79. The lowest BCUT2D eigenvalue weighted by atomic mass is 10.4. The number of rotatable bonds is 8. The van der Waals surface area contributed by atoms with Crippen LogP contribution in [-0.4, -0.2) is 50.2 Å². The van der Waals surface area contributed by atoms with Crippen LogP contribution in [-0.2, 0) is 10.0 Å². The van der Waals surface area contributed by atoms with Crippen molar-refractivity contribution in [3.8, 4) is 0 Å². The number of sulfonamides is 1. The molecule has 0 fully saturated rings. The summed E-state index contributed by atoms with van der Waals surface area (Å²) >= 11 is 0. The van der Waals surface area contributed by atoms with Crippen LogP contribution in [0, 0.1) is 0 Å². The molecule has 1 rings (SSSR count). The van der Waals surface area contributed by atoms with Gasteiger partial charge in [-0.3, -0.25) is 9.78 Å². The molecule has 0 saturated carbocycles. The van der Waals surface area contributed by atoms with E-state index in [1.54, 1.807) is 0 Å². The van der Waals surface area contributed by atoms with E-state index < -0.39 is 15.9 Å². The highest BCUT2D eigenvalue weighted by Gasteiger charge is 2.08. The maximum absolute atomic E-state index is 11.8. The second-order valence-corrected chi connectivity index (χ2v) is 5.97. The molecule has 9 heteroatoms. The molecule has 0 bridgehead atoms. The predicted molar refractivity (Wildman–Crippen MR) is 76.0 cm³/mol. The normalized spacial score (nSPS) is 11.1. The van der Waals surface area contributed by atoms with Crippen LogP contribution >= 0.6 is 0 Å². The Morgan fingerprint density at radius 2 is 2.00 bits per heavy atom. The van der Waals surface area contributed by atoms with Gasteiger partial charge in [0.1, 0.15) is 11.5 Å². The van der Waals surface area contributed by atoms with Gasteiger partial charge in [0.25, 0.3) is 5.91 Å². The summed E-state index contributed by atoms with van der Waals surface area (Å²) in [5.41, 5.74) is 0.186. The fraction of sp³-hybridized carbons (Fsp3) is 0.545. The third kappa shape index (κ3) is 6.43. The van der Waals surface area contributed by atoms with Crippen molar-refractivity contribution in [3.63, 3.8) is 0 Å². The first-order valence-corrected chi connectivity index (χ1v) is 8.10. The average Bonchev–Trinajstić information content (AvgIpc) is 2.40. The lowest BCUT2D eigenvalue weighted by molar-refractivity contribution is 0.0949. The van der Waals surface area contributed by atoms with Crippen molar-refractivity contribution in [2.75, 3.05) is 31.2 Å². The second kappa shape index (κ2) is 7.75. The van der Waals surface area contributed by atoms with Crippen LogP contribution < -0.4 is 15.4 Å². The van der Waals surface area contributed by atoms with E-state index in [4.69, 9.17) is 0 Å². The van der Waals surface area contributed by atoms with Crippen LogP contribution in [0.5, 0.6) is 0 Å². The molecule has 0 saturated heterocycles. The summed E-state index contributed by atoms with van der Waals surface area (Å²) in [5.74, 6) is 0.140. The fourth-order valence-electron chi connectivity index (χ4n) is 1.32. The van der Waals surface area contributed by atoms with Crippen molar-refractivity contribution >= 4 is 21.7 Å². The molecule has 0 radical (unpaired) electrons. The largest absolute Gasteiger partial charge is 0.369 e. The maximum atomic E-state index is 11.8. The third-order valence-corrected chi connectivity index (χ3v) is 2.93. The van der Waals surface area contributed by atoms with Gasteiger partial charge >= 0.3 is 0 Å². The number of carbonyl (C=O) groups is 1. The number of carbonyl (C=O) groups excluding carboxylic acids is 1.